The Morgan fingerprint density at radius 2 is 1.67 bits per heavy atom. The van der Waals surface area contributed by atoms with Crippen LogP contribution >= 0.6 is 0 Å². The Kier molecular flexibility index (Phi) is 4.20. The van der Waals surface area contributed by atoms with E-state index in [1.54, 1.807) is 24.3 Å². The summed E-state index contributed by atoms with van der Waals surface area (Å²) in [5, 5.41) is 5.85. The lowest BCUT2D eigenvalue weighted by Crippen LogP contribution is -2.28. The summed E-state index contributed by atoms with van der Waals surface area (Å²) in [5.74, 6) is 0.0184. The van der Waals surface area contributed by atoms with Gasteiger partial charge in [-0.05, 0) is 49.9 Å². The summed E-state index contributed by atoms with van der Waals surface area (Å²) in [7, 11) is 0. The molecule has 0 aromatic heterocycles. The van der Waals surface area contributed by atoms with Crippen LogP contribution in [0, 0.1) is 5.92 Å². The molecule has 112 valence electrons. The Morgan fingerprint density at radius 1 is 1.00 bits per heavy atom. The van der Waals surface area contributed by atoms with Gasteiger partial charge >= 0.3 is 0 Å². The average Bonchev–Trinajstić information content (AvgIpc) is 3.33. The maximum atomic E-state index is 12.1. The zero-order chi connectivity index (χ0) is 14.7. The summed E-state index contributed by atoms with van der Waals surface area (Å²) in [4.78, 5) is 24.0. The zero-order valence-electron chi connectivity index (χ0n) is 11.9. The van der Waals surface area contributed by atoms with E-state index >= 15 is 0 Å². The number of carbonyl (C=O) groups excluding carboxylic acids is 2. The fourth-order valence-corrected chi connectivity index (χ4v) is 2.41. The SMILES string of the molecule is O=C(NC1CC1)c1ccc(NC(=O)C2CCOCC2)cc1. The van der Waals surface area contributed by atoms with Crippen molar-refractivity contribution in [2.45, 2.75) is 31.7 Å². The fourth-order valence-electron chi connectivity index (χ4n) is 2.41. The Morgan fingerprint density at radius 3 is 2.29 bits per heavy atom. The van der Waals surface area contributed by atoms with Gasteiger partial charge in [0.25, 0.3) is 5.91 Å². The number of anilines is 1. The van der Waals surface area contributed by atoms with E-state index in [1.165, 1.54) is 0 Å². The third-order valence-corrected chi connectivity index (χ3v) is 3.92. The highest BCUT2D eigenvalue weighted by Crippen LogP contribution is 2.20. The van der Waals surface area contributed by atoms with E-state index in [4.69, 9.17) is 4.74 Å². The second-order valence-corrected chi connectivity index (χ2v) is 5.70. The lowest BCUT2D eigenvalue weighted by atomic mass is 9.99. The highest BCUT2D eigenvalue weighted by atomic mass is 16.5. The van der Waals surface area contributed by atoms with Crippen LogP contribution < -0.4 is 10.6 Å². The van der Waals surface area contributed by atoms with E-state index in [0.29, 0.717) is 24.8 Å². The number of rotatable bonds is 4. The smallest absolute Gasteiger partial charge is 0.251 e. The normalized spacial score (nSPS) is 19.0. The van der Waals surface area contributed by atoms with Crippen molar-refractivity contribution in [3.05, 3.63) is 29.8 Å². The van der Waals surface area contributed by atoms with Crippen molar-refractivity contribution in [1.29, 1.82) is 0 Å². The molecule has 5 heteroatoms. The van der Waals surface area contributed by atoms with Crippen LogP contribution in [-0.4, -0.2) is 31.1 Å². The molecule has 1 aromatic carbocycles. The number of hydrogen-bond acceptors (Lipinski definition) is 3. The minimum Gasteiger partial charge on any atom is -0.381 e. The number of carbonyl (C=O) groups is 2. The summed E-state index contributed by atoms with van der Waals surface area (Å²) in [6.07, 6.45) is 3.69. The molecule has 3 rings (SSSR count). The Bertz CT molecular complexity index is 517. The first-order valence-electron chi connectivity index (χ1n) is 7.52. The predicted molar refractivity (Wildman–Crippen MR) is 79.1 cm³/mol. The molecule has 2 fully saturated rings. The van der Waals surface area contributed by atoms with Crippen LogP contribution in [0.5, 0.6) is 0 Å². The number of nitrogens with one attached hydrogen (secondary N) is 2. The van der Waals surface area contributed by atoms with Crippen LogP contribution in [0.25, 0.3) is 0 Å². The molecule has 1 heterocycles. The van der Waals surface area contributed by atoms with Crippen molar-refractivity contribution in [3.8, 4) is 0 Å². The highest BCUT2D eigenvalue weighted by Gasteiger charge is 2.24. The molecule has 0 atom stereocenters. The summed E-state index contributed by atoms with van der Waals surface area (Å²) in [6.45, 7) is 1.30. The van der Waals surface area contributed by atoms with Gasteiger partial charge in [0.1, 0.15) is 0 Å². The van der Waals surface area contributed by atoms with E-state index in [9.17, 15) is 9.59 Å². The minimum absolute atomic E-state index is 0.0246. The lowest BCUT2D eigenvalue weighted by Gasteiger charge is -2.21. The first-order chi connectivity index (χ1) is 10.2. The Balaban J connectivity index is 1.55. The van der Waals surface area contributed by atoms with Gasteiger partial charge in [-0.25, -0.2) is 0 Å². The molecule has 0 bridgehead atoms. The number of ether oxygens (including phenoxy) is 1. The molecule has 1 aromatic rings. The molecule has 5 nitrogen and oxygen atoms in total. The minimum atomic E-state index is -0.0418. The summed E-state index contributed by atoms with van der Waals surface area (Å²) in [6, 6.07) is 7.40. The number of amides is 2. The van der Waals surface area contributed by atoms with Crippen LogP contribution in [0.4, 0.5) is 5.69 Å². The summed E-state index contributed by atoms with van der Waals surface area (Å²) < 4.78 is 5.25. The van der Waals surface area contributed by atoms with Crippen LogP contribution in [0.15, 0.2) is 24.3 Å². The molecular formula is C16H20N2O3. The molecule has 2 N–H and O–H groups in total. The third kappa shape index (κ3) is 3.82. The molecule has 1 aliphatic carbocycles. The molecule has 0 unspecified atom stereocenters. The molecule has 1 aliphatic heterocycles. The van der Waals surface area contributed by atoms with Gasteiger partial charge in [0, 0.05) is 36.4 Å². The molecule has 2 aliphatic rings. The van der Waals surface area contributed by atoms with Gasteiger partial charge in [-0.2, -0.15) is 0 Å². The first-order valence-corrected chi connectivity index (χ1v) is 7.52. The second kappa shape index (κ2) is 6.26. The van der Waals surface area contributed by atoms with Gasteiger partial charge in [-0.3, -0.25) is 9.59 Å². The number of hydrogen-bond donors (Lipinski definition) is 2. The van der Waals surface area contributed by atoms with Crippen LogP contribution in [0.3, 0.4) is 0 Å². The topological polar surface area (TPSA) is 67.4 Å². The van der Waals surface area contributed by atoms with E-state index in [1.807, 2.05) is 0 Å². The summed E-state index contributed by atoms with van der Waals surface area (Å²) in [5.41, 5.74) is 1.36. The second-order valence-electron chi connectivity index (χ2n) is 5.70. The molecule has 1 saturated carbocycles. The Hall–Kier alpha value is -1.88. The quantitative estimate of drug-likeness (QED) is 0.889. The van der Waals surface area contributed by atoms with Gasteiger partial charge in [0.05, 0.1) is 0 Å². The maximum Gasteiger partial charge on any atom is 0.251 e. The van der Waals surface area contributed by atoms with Gasteiger partial charge < -0.3 is 15.4 Å². The van der Waals surface area contributed by atoms with Crippen molar-refractivity contribution in [3.63, 3.8) is 0 Å². The average molecular weight is 288 g/mol. The van der Waals surface area contributed by atoms with Crippen LogP contribution in [-0.2, 0) is 9.53 Å². The van der Waals surface area contributed by atoms with Crippen LogP contribution in [0.2, 0.25) is 0 Å². The molecular weight excluding hydrogens is 268 g/mol. The zero-order valence-corrected chi connectivity index (χ0v) is 11.9. The lowest BCUT2D eigenvalue weighted by molar-refractivity contribution is -0.122. The highest BCUT2D eigenvalue weighted by molar-refractivity contribution is 5.96. The van der Waals surface area contributed by atoms with Crippen LogP contribution in [0.1, 0.15) is 36.0 Å². The van der Waals surface area contributed by atoms with Gasteiger partial charge in [-0.1, -0.05) is 0 Å². The monoisotopic (exact) mass is 288 g/mol. The predicted octanol–water partition coefficient (Wildman–Crippen LogP) is 1.94. The van der Waals surface area contributed by atoms with Crippen molar-refractivity contribution in [2.24, 2.45) is 5.92 Å². The first kappa shape index (κ1) is 14.1. The van der Waals surface area contributed by atoms with Gasteiger partial charge in [-0.15, -0.1) is 0 Å². The summed E-state index contributed by atoms with van der Waals surface area (Å²) >= 11 is 0. The van der Waals surface area contributed by atoms with Crippen molar-refractivity contribution >= 4 is 17.5 Å². The Labute approximate surface area is 124 Å². The van der Waals surface area contributed by atoms with E-state index in [2.05, 4.69) is 10.6 Å². The van der Waals surface area contributed by atoms with Gasteiger partial charge in [0.15, 0.2) is 0 Å². The maximum absolute atomic E-state index is 12.1. The fraction of sp³-hybridized carbons (Fsp3) is 0.500. The van der Waals surface area contributed by atoms with E-state index in [0.717, 1.165) is 31.4 Å². The largest absolute Gasteiger partial charge is 0.381 e. The molecule has 0 spiro atoms. The third-order valence-electron chi connectivity index (χ3n) is 3.92. The molecule has 1 saturated heterocycles. The van der Waals surface area contributed by atoms with E-state index < -0.39 is 0 Å². The standard InChI is InChI=1S/C16H20N2O3/c19-15(18-14-5-6-14)11-1-3-13(4-2-11)17-16(20)12-7-9-21-10-8-12/h1-4,12,14H,5-10H2,(H,17,20)(H,18,19). The van der Waals surface area contributed by atoms with E-state index in [-0.39, 0.29) is 17.7 Å². The van der Waals surface area contributed by atoms with Crippen molar-refractivity contribution in [2.75, 3.05) is 18.5 Å². The number of benzene rings is 1. The molecule has 0 radical (unpaired) electrons. The molecule has 21 heavy (non-hydrogen) atoms. The van der Waals surface area contributed by atoms with Crippen molar-refractivity contribution in [1.82, 2.24) is 5.32 Å². The van der Waals surface area contributed by atoms with Crippen molar-refractivity contribution < 1.29 is 14.3 Å². The molecule has 2 amide bonds. The van der Waals surface area contributed by atoms with Gasteiger partial charge in [0.2, 0.25) is 5.91 Å².